The van der Waals surface area contributed by atoms with Gasteiger partial charge in [-0.15, -0.1) is 0 Å². The van der Waals surface area contributed by atoms with Crippen molar-refractivity contribution in [2.24, 2.45) is 0 Å². The summed E-state index contributed by atoms with van der Waals surface area (Å²) >= 11 is 11.9. The summed E-state index contributed by atoms with van der Waals surface area (Å²) in [6.45, 7) is 2.89. The van der Waals surface area contributed by atoms with Crippen molar-refractivity contribution in [3.8, 4) is 0 Å². The monoisotopic (exact) mass is 390 g/mol. The van der Waals surface area contributed by atoms with Crippen LogP contribution in [-0.4, -0.2) is 37.5 Å². The highest BCUT2D eigenvalue weighted by Gasteiger charge is 2.20. The first kappa shape index (κ1) is 19.2. The molecule has 0 aliphatic carbocycles. The number of halogens is 2. The normalized spacial score (nSPS) is 15.8. The van der Waals surface area contributed by atoms with E-state index >= 15 is 0 Å². The number of amides is 1. The highest BCUT2D eigenvalue weighted by Crippen LogP contribution is 2.30. The molecular formula is C21H24Cl2N2O. The van der Waals surface area contributed by atoms with Gasteiger partial charge in [-0.1, -0.05) is 47.5 Å². The molecule has 1 N–H and O–H groups in total. The second-order valence-electron chi connectivity index (χ2n) is 6.91. The van der Waals surface area contributed by atoms with Crippen LogP contribution in [0.25, 0.3) is 0 Å². The fourth-order valence-electron chi connectivity index (χ4n) is 3.53. The Morgan fingerprint density at radius 3 is 2.58 bits per heavy atom. The molecule has 0 bridgehead atoms. The molecule has 3 nitrogen and oxygen atoms in total. The number of hydrogen-bond donors (Lipinski definition) is 1. The van der Waals surface area contributed by atoms with Crippen LogP contribution in [0.15, 0.2) is 42.5 Å². The highest BCUT2D eigenvalue weighted by atomic mass is 35.5. The zero-order valence-corrected chi connectivity index (χ0v) is 16.5. The molecule has 0 atom stereocenters. The molecule has 1 amide bonds. The van der Waals surface area contributed by atoms with E-state index in [0.29, 0.717) is 28.1 Å². The number of nitrogens with zero attached hydrogens (tertiary/aromatic N) is 1. The van der Waals surface area contributed by atoms with Crippen molar-refractivity contribution in [2.45, 2.75) is 25.2 Å². The van der Waals surface area contributed by atoms with Crippen molar-refractivity contribution in [1.29, 1.82) is 0 Å². The number of carbonyl (C=O) groups is 1. The van der Waals surface area contributed by atoms with E-state index in [2.05, 4.69) is 41.5 Å². The van der Waals surface area contributed by atoms with Gasteiger partial charge in [-0.2, -0.15) is 0 Å². The molecular weight excluding hydrogens is 367 g/mol. The predicted octanol–water partition coefficient (Wildman–Crippen LogP) is 4.78. The third kappa shape index (κ3) is 4.79. The standard InChI is InChI=1S/C21H24Cl2N2O/c1-25-12-9-16(10-13-25)18-5-3-2-4-15(18)8-11-24-21(26)17-6-7-19(22)20(23)14-17/h2-7,14,16H,8-13H2,1H3,(H,24,26). The van der Waals surface area contributed by atoms with Crippen LogP contribution in [0.5, 0.6) is 0 Å². The maximum atomic E-state index is 12.3. The van der Waals surface area contributed by atoms with Crippen LogP contribution >= 0.6 is 23.2 Å². The van der Waals surface area contributed by atoms with Gasteiger partial charge in [-0.3, -0.25) is 4.79 Å². The molecule has 0 aromatic heterocycles. The largest absolute Gasteiger partial charge is 0.352 e. The van der Waals surface area contributed by atoms with Gasteiger partial charge in [0, 0.05) is 12.1 Å². The second kappa shape index (κ2) is 8.90. The summed E-state index contributed by atoms with van der Waals surface area (Å²) in [5.74, 6) is 0.494. The number of carbonyl (C=O) groups excluding carboxylic acids is 1. The van der Waals surface area contributed by atoms with E-state index in [1.54, 1.807) is 18.2 Å². The Morgan fingerprint density at radius 1 is 1.12 bits per heavy atom. The zero-order valence-electron chi connectivity index (χ0n) is 15.0. The summed E-state index contributed by atoms with van der Waals surface area (Å²) in [7, 11) is 2.18. The van der Waals surface area contributed by atoms with E-state index < -0.39 is 0 Å². The van der Waals surface area contributed by atoms with E-state index in [1.807, 2.05) is 0 Å². The smallest absolute Gasteiger partial charge is 0.251 e. The van der Waals surface area contributed by atoms with Gasteiger partial charge in [-0.25, -0.2) is 0 Å². The SMILES string of the molecule is CN1CCC(c2ccccc2CCNC(=O)c2ccc(Cl)c(Cl)c2)CC1. The molecule has 0 radical (unpaired) electrons. The Balaban J connectivity index is 1.59. The van der Waals surface area contributed by atoms with Crippen LogP contribution in [0.2, 0.25) is 10.0 Å². The average molecular weight is 391 g/mol. The van der Waals surface area contributed by atoms with Crippen molar-refractivity contribution in [1.82, 2.24) is 10.2 Å². The van der Waals surface area contributed by atoms with Gasteiger partial charge in [0.05, 0.1) is 10.0 Å². The van der Waals surface area contributed by atoms with E-state index in [1.165, 1.54) is 24.0 Å². The third-order valence-corrected chi connectivity index (χ3v) is 5.81. The third-order valence-electron chi connectivity index (χ3n) is 5.08. The summed E-state index contributed by atoms with van der Waals surface area (Å²) in [5, 5.41) is 3.83. The molecule has 2 aromatic carbocycles. The van der Waals surface area contributed by atoms with Gasteiger partial charge in [0.15, 0.2) is 0 Å². The van der Waals surface area contributed by atoms with Gasteiger partial charge in [0.25, 0.3) is 5.91 Å². The van der Waals surface area contributed by atoms with Crippen molar-refractivity contribution in [2.75, 3.05) is 26.7 Å². The number of likely N-dealkylation sites (tertiary alicyclic amines) is 1. The molecule has 138 valence electrons. The minimum Gasteiger partial charge on any atom is -0.352 e. The first-order valence-corrected chi connectivity index (χ1v) is 9.80. The summed E-state index contributed by atoms with van der Waals surface area (Å²) in [6.07, 6.45) is 3.22. The van der Waals surface area contributed by atoms with Gasteiger partial charge in [-0.05, 0) is 74.6 Å². The lowest BCUT2D eigenvalue weighted by Gasteiger charge is -2.30. The van der Waals surface area contributed by atoms with Crippen molar-refractivity contribution in [3.05, 3.63) is 69.2 Å². The molecule has 1 fully saturated rings. The Morgan fingerprint density at radius 2 is 1.85 bits per heavy atom. The quantitative estimate of drug-likeness (QED) is 0.796. The fraction of sp³-hybridized carbons (Fsp3) is 0.381. The number of nitrogens with one attached hydrogen (secondary N) is 1. The predicted molar refractivity (Wildman–Crippen MR) is 108 cm³/mol. The number of piperidine rings is 1. The first-order chi connectivity index (χ1) is 12.5. The van der Waals surface area contributed by atoms with Gasteiger partial charge in [0.1, 0.15) is 0 Å². The van der Waals surface area contributed by atoms with Crippen LogP contribution in [0, 0.1) is 0 Å². The van der Waals surface area contributed by atoms with E-state index in [-0.39, 0.29) is 5.91 Å². The molecule has 1 aliphatic rings. The maximum Gasteiger partial charge on any atom is 0.251 e. The van der Waals surface area contributed by atoms with Crippen LogP contribution in [0.1, 0.15) is 40.2 Å². The lowest BCUT2D eigenvalue weighted by molar-refractivity contribution is 0.0954. The molecule has 5 heteroatoms. The van der Waals surface area contributed by atoms with E-state index in [0.717, 1.165) is 19.5 Å². The Hall–Kier alpha value is -1.55. The highest BCUT2D eigenvalue weighted by molar-refractivity contribution is 6.42. The van der Waals surface area contributed by atoms with Crippen LogP contribution in [0.4, 0.5) is 0 Å². The van der Waals surface area contributed by atoms with E-state index in [9.17, 15) is 4.79 Å². The lowest BCUT2D eigenvalue weighted by atomic mass is 9.86. The van der Waals surface area contributed by atoms with Crippen LogP contribution in [-0.2, 0) is 6.42 Å². The summed E-state index contributed by atoms with van der Waals surface area (Å²) in [4.78, 5) is 14.7. The molecule has 1 heterocycles. The Kier molecular flexibility index (Phi) is 6.58. The number of rotatable bonds is 5. The molecule has 0 saturated carbocycles. The maximum absolute atomic E-state index is 12.3. The van der Waals surface area contributed by atoms with Crippen LogP contribution in [0.3, 0.4) is 0 Å². The Bertz CT molecular complexity index is 770. The molecule has 3 rings (SSSR count). The van der Waals surface area contributed by atoms with Gasteiger partial charge in [0.2, 0.25) is 0 Å². The molecule has 1 aliphatic heterocycles. The lowest BCUT2D eigenvalue weighted by Crippen LogP contribution is -2.30. The summed E-state index contributed by atoms with van der Waals surface area (Å²) in [5.41, 5.74) is 3.30. The second-order valence-corrected chi connectivity index (χ2v) is 7.73. The topological polar surface area (TPSA) is 32.3 Å². The van der Waals surface area contributed by atoms with Crippen LogP contribution < -0.4 is 5.32 Å². The van der Waals surface area contributed by atoms with E-state index in [4.69, 9.17) is 23.2 Å². The fourth-order valence-corrected chi connectivity index (χ4v) is 3.83. The molecule has 0 unspecified atom stereocenters. The minimum atomic E-state index is -0.125. The number of hydrogen-bond acceptors (Lipinski definition) is 2. The molecule has 0 spiro atoms. The van der Waals surface area contributed by atoms with Crippen molar-refractivity contribution < 1.29 is 4.79 Å². The first-order valence-electron chi connectivity index (χ1n) is 9.04. The zero-order chi connectivity index (χ0) is 18.5. The van der Waals surface area contributed by atoms with Crippen molar-refractivity contribution >= 4 is 29.1 Å². The molecule has 26 heavy (non-hydrogen) atoms. The average Bonchev–Trinajstić information content (AvgIpc) is 2.65. The minimum absolute atomic E-state index is 0.125. The van der Waals surface area contributed by atoms with Gasteiger partial charge < -0.3 is 10.2 Å². The summed E-state index contributed by atoms with van der Waals surface area (Å²) < 4.78 is 0. The summed E-state index contributed by atoms with van der Waals surface area (Å²) in [6, 6.07) is 13.6. The van der Waals surface area contributed by atoms with Gasteiger partial charge >= 0.3 is 0 Å². The molecule has 1 saturated heterocycles. The Labute approximate surface area is 165 Å². The molecule has 2 aromatic rings. The van der Waals surface area contributed by atoms with Crippen molar-refractivity contribution in [3.63, 3.8) is 0 Å². The number of benzene rings is 2.